The average Bonchev–Trinajstić information content (AvgIpc) is 2.64. The highest BCUT2D eigenvalue weighted by Crippen LogP contribution is 2.41. The lowest BCUT2D eigenvalue weighted by Crippen LogP contribution is -2.36. The van der Waals surface area contributed by atoms with Crippen LogP contribution in [0.15, 0.2) is 65.7 Å². The average molecular weight is 382 g/mol. The number of nitrogen functional groups attached to an aromatic ring is 1. The van der Waals surface area contributed by atoms with E-state index in [-0.39, 0.29) is 11.5 Å². The number of aromatic nitrogens is 1. The fraction of sp³-hybridized carbons (Fsp3) is 0.238. The van der Waals surface area contributed by atoms with Gasteiger partial charge < -0.3 is 15.7 Å². The molecule has 0 amide bonds. The van der Waals surface area contributed by atoms with Crippen molar-refractivity contribution < 1.29 is 9.90 Å². The van der Waals surface area contributed by atoms with Gasteiger partial charge in [-0.1, -0.05) is 13.0 Å². The van der Waals surface area contributed by atoms with Gasteiger partial charge in [0.15, 0.2) is 0 Å². The van der Waals surface area contributed by atoms with Crippen molar-refractivity contribution in [2.24, 2.45) is 5.92 Å². The highest BCUT2D eigenvalue weighted by Gasteiger charge is 2.34. The van der Waals surface area contributed by atoms with Gasteiger partial charge in [-0.2, -0.15) is 0 Å². The molecule has 0 bridgehead atoms. The molecule has 0 radical (unpaired) electrons. The van der Waals surface area contributed by atoms with E-state index >= 15 is 0 Å². The second kappa shape index (κ2) is 7.12. The summed E-state index contributed by atoms with van der Waals surface area (Å²) < 4.78 is 0. The van der Waals surface area contributed by atoms with Crippen molar-refractivity contribution in [3.63, 3.8) is 0 Å². The molecule has 0 saturated heterocycles. The van der Waals surface area contributed by atoms with Crippen LogP contribution in [0.5, 0.6) is 0 Å². The molecule has 2 aliphatic rings. The summed E-state index contributed by atoms with van der Waals surface area (Å²) in [5, 5.41) is 9.02. The molecule has 0 spiro atoms. The molecular weight excluding hydrogens is 358 g/mol. The number of hydrogen-bond donors (Lipinski definition) is 3. The van der Waals surface area contributed by atoms with Crippen LogP contribution in [-0.2, 0) is 4.79 Å². The van der Waals surface area contributed by atoms with Gasteiger partial charge in [0.05, 0.1) is 5.57 Å². The Morgan fingerprint density at radius 2 is 2.19 bits per heavy atom. The first-order valence-electron chi connectivity index (χ1n) is 8.66. The standard InChI is InChI=1S/C21H23N3O2S/c1-5-11(2)16-9-17(21(25)26)20(27)24-7-6-15(13(4)18(16)24)14-8-12(3)19(22)23-10-14/h5-11,20,27H,1H2,2-4H3,(H2,22,23)(H,25,26). The van der Waals surface area contributed by atoms with Gasteiger partial charge in [-0.25, -0.2) is 9.78 Å². The molecule has 0 saturated carbocycles. The Kier molecular flexibility index (Phi) is 5.02. The molecule has 1 aromatic heterocycles. The van der Waals surface area contributed by atoms with Crippen LogP contribution < -0.4 is 5.73 Å². The van der Waals surface area contributed by atoms with E-state index in [0.29, 0.717) is 5.82 Å². The summed E-state index contributed by atoms with van der Waals surface area (Å²) in [5.74, 6) is -0.464. The van der Waals surface area contributed by atoms with Crippen LogP contribution in [0, 0.1) is 12.8 Å². The summed E-state index contributed by atoms with van der Waals surface area (Å²) in [6, 6.07) is 2.01. The summed E-state index contributed by atoms with van der Waals surface area (Å²) in [4.78, 5) is 17.9. The second-order valence-electron chi connectivity index (χ2n) is 6.79. The van der Waals surface area contributed by atoms with E-state index in [1.165, 1.54) is 0 Å². The molecule has 27 heavy (non-hydrogen) atoms. The van der Waals surface area contributed by atoms with Gasteiger partial charge in [-0.15, -0.1) is 19.2 Å². The number of fused-ring (bicyclic) bond motifs is 1. The third-order valence-electron chi connectivity index (χ3n) is 5.07. The van der Waals surface area contributed by atoms with Crippen LogP contribution in [0.3, 0.4) is 0 Å². The molecule has 3 N–H and O–H groups in total. The van der Waals surface area contributed by atoms with E-state index in [9.17, 15) is 9.90 Å². The smallest absolute Gasteiger partial charge is 0.334 e. The number of nitrogens with two attached hydrogens (primary N) is 1. The van der Waals surface area contributed by atoms with Gasteiger partial charge in [0, 0.05) is 29.6 Å². The zero-order chi connectivity index (χ0) is 19.9. The van der Waals surface area contributed by atoms with E-state index in [4.69, 9.17) is 5.73 Å². The van der Waals surface area contributed by atoms with Crippen LogP contribution in [0.25, 0.3) is 5.57 Å². The van der Waals surface area contributed by atoms with E-state index in [0.717, 1.165) is 33.5 Å². The summed E-state index contributed by atoms with van der Waals surface area (Å²) >= 11 is 4.56. The van der Waals surface area contributed by atoms with Crippen molar-refractivity contribution in [3.05, 3.63) is 76.8 Å². The second-order valence-corrected chi connectivity index (χ2v) is 7.28. The molecule has 2 aliphatic heterocycles. The zero-order valence-electron chi connectivity index (χ0n) is 15.6. The van der Waals surface area contributed by atoms with Crippen LogP contribution in [0.4, 0.5) is 5.82 Å². The summed E-state index contributed by atoms with van der Waals surface area (Å²) in [6.07, 6.45) is 9.15. The molecule has 0 fully saturated rings. The Hall–Kier alpha value is -2.73. The minimum Gasteiger partial charge on any atom is -0.478 e. The van der Waals surface area contributed by atoms with E-state index in [1.807, 2.05) is 50.1 Å². The van der Waals surface area contributed by atoms with Crippen molar-refractivity contribution in [3.8, 4) is 0 Å². The fourth-order valence-corrected chi connectivity index (χ4v) is 3.77. The number of aliphatic carboxylic acids is 1. The fourth-order valence-electron chi connectivity index (χ4n) is 3.40. The third kappa shape index (κ3) is 3.21. The van der Waals surface area contributed by atoms with Gasteiger partial charge in [0.1, 0.15) is 11.2 Å². The molecule has 140 valence electrons. The maximum Gasteiger partial charge on any atom is 0.334 e. The summed E-state index contributed by atoms with van der Waals surface area (Å²) in [6.45, 7) is 9.84. The van der Waals surface area contributed by atoms with Crippen molar-refractivity contribution in [2.45, 2.75) is 26.1 Å². The normalized spacial score (nSPS) is 20.4. The van der Waals surface area contributed by atoms with Crippen molar-refractivity contribution in [1.29, 1.82) is 0 Å². The van der Waals surface area contributed by atoms with E-state index in [2.05, 4.69) is 24.2 Å². The van der Waals surface area contributed by atoms with E-state index < -0.39 is 11.3 Å². The highest BCUT2D eigenvalue weighted by atomic mass is 32.1. The number of carboxylic acids is 1. The zero-order valence-corrected chi connectivity index (χ0v) is 16.5. The number of thiol groups is 1. The molecule has 1 aromatic rings. The Morgan fingerprint density at radius 3 is 2.78 bits per heavy atom. The maximum atomic E-state index is 11.7. The molecule has 0 aliphatic carbocycles. The van der Waals surface area contributed by atoms with E-state index in [1.54, 1.807) is 12.3 Å². The minimum atomic E-state index is -0.970. The predicted octanol–water partition coefficient (Wildman–Crippen LogP) is 3.93. The van der Waals surface area contributed by atoms with Gasteiger partial charge in [-0.05, 0) is 54.3 Å². The number of carboxylic acid groups (broad SMARTS) is 1. The number of hydrogen-bond acceptors (Lipinski definition) is 5. The third-order valence-corrected chi connectivity index (χ3v) is 5.59. The first-order valence-corrected chi connectivity index (χ1v) is 9.17. The molecule has 5 nitrogen and oxygen atoms in total. The van der Waals surface area contributed by atoms with Crippen molar-refractivity contribution in [2.75, 3.05) is 5.73 Å². The molecule has 0 aromatic carbocycles. The Bertz CT molecular complexity index is 956. The lowest BCUT2D eigenvalue weighted by Gasteiger charge is -2.39. The number of carbonyl (C=O) groups is 1. The van der Waals surface area contributed by atoms with Gasteiger partial charge in [0.2, 0.25) is 0 Å². The van der Waals surface area contributed by atoms with Crippen LogP contribution in [0.1, 0.15) is 25.0 Å². The molecule has 3 rings (SSSR count). The lowest BCUT2D eigenvalue weighted by molar-refractivity contribution is -0.133. The Morgan fingerprint density at radius 1 is 1.48 bits per heavy atom. The number of nitrogens with zero attached hydrogens (tertiary/aromatic N) is 2. The lowest BCUT2D eigenvalue weighted by atomic mass is 9.86. The quantitative estimate of drug-likeness (QED) is 0.544. The monoisotopic (exact) mass is 381 g/mol. The van der Waals surface area contributed by atoms with Gasteiger partial charge in [0.25, 0.3) is 0 Å². The Balaban J connectivity index is 2.24. The molecule has 6 heteroatoms. The van der Waals surface area contributed by atoms with Gasteiger partial charge in [-0.3, -0.25) is 0 Å². The van der Waals surface area contributed by atoms with Crippen molar-refractivity contribution in [1.82, 2.24) is 9.88 Å². The topological polar surface area (TPSA) is 79.5 Å². The van der Waals surface area contributed by atoms with Crippen LogP contribution >= 0.6 is 12.6 Å². The van der Waals surface area contributed by atoms with Crippen molar-refractivity contribution >= 4 is 30.0 Å². The largest absolute Gasteiger partial charge is 0.478 e. The molecule has 3 heterocycles. The molecule has 2 atom stereocenters. The maximum absolute atomic E-state index is 11.7. The number of rotatable bonds is 4. The first kappa shape index (κ1) is 19.0. The highest BCUT2D eigenvalue weighted by molar-refractivity contribution is 7.81. The predicted molar refractivity (Wildman–Crippen MR) is 112 cm³/mol. The van der Waals surface area contributed by atoms with Crippen LogP contribution in [-0.4, -0.2) is 26.3 Å². The minimum absolute atomic E-state index is 0.00772. The number of aryl methyl sites for hydroxylation is 1. The molecular formula is C21H23N3O2S. The number of pyridine rings is 1. The van der Waals surface area contributed by atoms with Gasteiger partial charge >= 0.3 is 5.97 Å². The first-order chi connectivity index (χ1) is 12.8. The number of allylic oxidation sites excluding steroid dienone is 6. The van der Waals surface area contributed by atoms with Crippen LogP contribution in [0.2, 0.25) is 0 Å². The SMILES string of the molecule is C=CC(C)C1=C2C(C)=C(c3cnc(N)c(C)c3)C=CN2C(S)C(C(=O)O)=C1. The summed E-state index contributed by atoms with van der Waals surface area (Å²) in [5.41, 5.74) is 11.9. The molecule has 2 unspecified atom stereocenters. The number of anilines is 1. The Labute approximate surface area is 164 Å². The summed E-state index contributed by atoms with van der Waals surface area (Å²) in [7, 11) is 0.